The van der Waals surface area contributed by atoms with Gasteiger partial charge >= 0.3 is 5.97 Å². The highest BCUT2D eigenvalue weighted by Gasteiger charge is 2.51. The maximum absolute atomic E-state index is 11.5. The van der Waals surface area contributed by atoms with E-state index in [1.54, 1.807) is 12.2 Å². The van der Waals surface area contributed by atoms with Gasteiger partial charge in [-0.2, -0.15) is 0 Å². The maximum Gasteiger partial charge on any atom is 0.352 e. The summed E-state index contributed by atoms with van der Waals surface area (Å²) < 4.78 is 0. The van der Waals surface area contributed by atoms with Crippen LogP contribution in [-0.4, -0.2) is 39.1 Å². The Morgan fingerprint density at radius 1 is 1.65 bits per heavy atom. The van der Waals surface area contributed by atoms with E-state index in [2.05, 4.69) is 0 Å². The Hall–Kier alpha value is -0.980. The molecule has 0 spiro atoms. The second kappa shape index (κ2) is 5.12. The second-order valence-corrected chi connectivity index (χ2v) is 4.72. The van der Waals surface area contributed by atoms with Crippen LogP contribution in [0.15, 0.2) is 23.4 Å². The molecule has 3 N–H and O–H groups in total. The van der Waals surface area contributed by atoms with Crippen molar-refractivity contribution >= 4 is 36.0 Å². The zero-order valence-corrected chi connectivity index (χ0v) is 10.8. The molecule has 0 radical (unpaired) electrons. The van der Waals surface area contributed by atoms with Crippen LogP contribution in [0.5, 0.6) is 0 Å². The average molecular weight is 277 g/mol. The second-order valence-electron chi connectivity index (χ2n) is 3.61. The lowest BCUT2D eigenvalue weighted by Gasteiger charge is -2.47. The summed E-state index contributed by atoms with van der Waals surface area (Å²) in [7, 11) is 0. The minimum Gasteiger partial charge on any atom is -0.477 e. The normalized spacial score (nSPS) is 27.6. The maximum atomic E-state index is 11.5. The predicted molar refractivity (Wildman–Crippen MR) is 67.8 cm³/mol. The number of aliphatic carboxylic acids is 1. The number of allylic oxidation sites excluding steroid dienone is 2. The molecule has 0 aromatic carbocycles. The molecule has 2 atom stereocenters. The fourth-order valence-corrected chi connectivity index (χ4v) is 3.13. The summed E-state index contributed by atoms with van der Waals surface area (Å²) >= 11 is 1.50. The molecule has 1 unspecified atom stereocenters. The van der Waals surface area contributed by atoms with Crippen LogP contribution in [0.4, 0.5) is 0 Å². The standard InChI is InChI=1S/C10H12N2O3S.ClH/c1-2-3-5-4-16-9-6(11)8(13)12(9)7(5)10(14)15;/h2-3,6,9H,4,11H2,1H3,(H,14,15);1H/b3-2-;/t6?,9-;/m0./s1. The predicted octanol–water partition coefficient (Wildman–Crippen LogP) is 0.565. The highest BCUT2D eigenvalue weighted by atomic mass is 35.5. The van der Waals surface area contributed by atoms with Crippen molar-refractivity contribution in [3.8, 4) is 0 Å². The Morgan fingerprint density at radius 2 is 2.29 bits per heavy atom. The third kappa shape index (κ3) is 2.08. The summed E-state index contributed by atoms with van der Waals surface area (Å²) in [5.74, 6) is -0.802. The van der Waals surface area contributed by atoms with Crippen molar-refractivity contribution in [2.24, 2.45) is 5.73 Å². The molecular weight excluding hydrogens is 264 g/mol. The summed E-state index contributed by atoms with van der Waals surface area (Å²) in [6, 6.07) is -0.563. The number of nitrogens with two attached hydrogens (primary N) is 1. The van der Waals surface area contributed by atoms with Gasteiger partial charge in [0.15, 0.2) is 0 Å². The van der Waals surface area contributed by atoms with Crippen LogP contribution < -0.4 is 5.73 Å². The molecule has 0 aromatic heterocycles. The highest BCUT2D eigenvalue weighted by molar-refractivity contribution is 8.00. The van der Waals surface area contributed by atoms with Gasteiger partial charge in [0, 0.05) is 5.75 Å². The number of carbonyl (C=O) groups is 2. The van der Waals surface area contributed by atoms with Crippen molar-refractivity contribution in [3.63, 3.8) is 0 Å². The SMILES string of the molecule is C/C=C\C1=C(C(=O)O)N2C(=O)C(N)[C@@H]2SC1.Cl. The number of nitrogens with zero attached hydrogens (tertiary/aromatic N) is 1. The molecular formula is C10H13ClN2O3S. The van der Waals surface area contributed by atoms with E-state index >= 15 is 0 Å². The number of β-lactam (4-membered cyclic amide) rings is 1. The minimum absolute atomic E-state index is 0. The lowest BCUT2D eigenvalue weighted by molar-refractivity contribution is -0.147. The Balaban J connectivity index is 0.00000144. The molecule has 0 aliphatic carbocycles. The molecule has 0 aromatic rings. The van der Waals surface area contributed by atoms with Gasteiger partial charge in [0.2, 0.25) is 5.91 Å². The molecule has 2 aliphatic rings. The number of hydrogen-bond donors (Lipinski definition) is 2. The molecule has 1 amide bonds. The molecule has 94 valence electrons. The van der Waals surface area contributed by atoms with Gasteiger partial charge < -0.3 is 10.8 Å². The molecule has 2 aliphatic heterocycles. The summed E-state index contributed by atoms with van der Waals surface area (Å²) in [5.41, 5.74) is 6.35. The average Bonchev–Trinajstić information content (AvgIpc) is 2.27. The molecule has 1 saturated heterocycles. The lowest BCUT2D eigenvalue weighted by Crippen LogP contribution is -2.68. The first-order valence-corrected chi connectivity index (χ1v) is 5.92. The first-order valence-electron chi connectivity index (χ1n) is 4.87. The number of carboxylic acid groups (broad SMARTS) is 1. The summed E-state index contributed by atoms with van der Waals surface area (Å²) in [6.45, 7) is 1.81. The topological polar surface area (TPSA) is 83.6 Å². The van der Waals surface area contributed by atoms with Crippen LogP contribution in [0.25, 0.3) is 0 Å². The quantitative estimate of drug-likeness (QED) is 0.720. The van der Waals surface area contributed by atoms with Gasteiger partial charge in [-0.05, 0) is 12.5 Å². The van der Waals surface area contributed by atoms with Crippen LogP contribution >= 0.6 is 24.2 Å². The van der Waals surface area contributed by atoms with Crippen LogP contribution in [0.2, 0.25) is 0 Å². The van der Waals surface area contributed by atoms with Crippen molar-refractivity contribution in [1.29, 1.82) is 0 Å². The number of rotatable bonds is 2. The van der Waals surface area contributed by atoms with E-state index < -0.39 is 12.0 Å². The molecule has 5 nitrogen and oxygen atoms in total. The van der Waals surface area contributed by atoms with Crippen molar-refractivity contribution in [2.75, 3.05) is 5.75 Å². The Bertz CT molecular complexity index is 422. The number of carbonyl (C=O) groups excluding carboxylic acids is 1. The largest absolute Gasteiger partial charge is 0.477 e. The number of halogens is 1. The number of thioether (sulfide) groups is 1. The van der Waals surface area contributed by atoms with Gasteiger partial charge in [-0.1, -0.05) is 12.2 Å². The zero-order valence-electron chi connectivity index (χ0n) is 9.12. The van der Waals surface area contributed by atoms with E-state index in [1.807, 2.05) is 6.92 Å². The molecule has 1 fully saturated rings. The lowest BCUT2D eigenvalue weighted by atomic mass is 10.0. The van der Waals surface area contributed by atoms with Gasteiger partial charge in [0.1, 0.15) is 17.1 Å². The van der Waals surface area contributed by atoms with E-state index in [1.165, 1.54) is 16.7 Å². The van der Waals surface area contributed by atoms with E-state index in [0.29, 0.717) is 11.3 Å². The van der Waals surface area contributed by atoms with Gasteiger partial charge in [0.05, 0.1) is 0 Å². The number of carboxylic acids is 1. The third-order valence-electron chi connectivity index (χ3n) is 2.61. The van der Waals surface area contributed by atoms with Gasteiger partial charge in [-0.3, -0.25) is 9.69 Å². The molecule has 0 bridgehead atoms. The number of hydrogen-bond acceptors (Lipinski definition) is 4. The van der Waals surface area contributed by atoms with Crippen LogP contribution in [0.1, 0.15) is 6.92 Å². The molecule has 17 heavy (non-hydrogen) atoms. The molecule has 7 heteroatoms. The van der Waals surface area contributed by atoms with E-state index in [-0.39, 0.29) is 29.4 Å². The fraction of sp³-hybridized carbons (Fsp3) is 0.400. The van der Waals surface area contributed by atoms with Gasteiger partial charge in [0.25, 0.3) is 0 Å². The smallest absolute Gasteiger partial charge is 0.352 e. The molecule has 0 saturated carbocycles. The van der Waals surface area contributed by atoms with Crippen LogP contribution in [0.3, 0.4) is 0 Å². The molecule has 2 heterocycles. The summed E-state index contributed by atoms with van der Waals surface area (Å²) in [4.78, 5) is 24.0. The monoisotopic (exact) mass is 276 g/mol. The van der Waals surface area contributed by atoms with Crippen LogP contribution in [-0.2, 0) is 9.59 Å². The number of fused-ring (bicyclic) bond motifs is 1. The van der Waals surface area contributed by atoms with E-state index in [0.717, 1.165) is 0 Å². The Kier molecular flexibility index (Phi) is 4.24. The Labute approximate surface area is 109 Å². The van der Waals surface area contributed by atoms with Crippen molar-refractivity contribution in [3.05, 3.63) is 23.4 Å². The van der Waals surface area contributed by atoms with Gasteiger partial charge in [-0.25, -0.2) is 4.79 Å². The number of amides is 1. The van der Waals surface area contributed by atoms with Crippen molar-refractivity contribution in [2.45, 2.75) is 18.3 Å². The minimum atomic E-state index is -1.07. The fourth-order valence-electron chi connectivity index (χ4n) is 1.87. The Morgan fingerprint density at radius 3 is 2.82 bits per heavy atom. The summed E-state index contributed by atoms with van der Waals surface area (Å²) in [6.07, 6.45) is 3.49. The first-order chi connectivity index (χ1) is 7.57. The first kappa shape index (κ1) is 14.1. The van der Waals surface area contributed by atoms with E-state index in [4.69, 9.17) is 10.8 Å². The van der Waals surface area contributed by atoms with Crippen molar-refractivity contribution < 1.29 is 14.7 Å². The third-order valence-corrected chi connectivity index (χ3v) is 3.93. The summed E-state index contributed by atoms with van der Waals surface area (Å²) in [5, 5.41) is 8.91. The van der Waals surface area contributed by atoms with Gasteiger partial charge in [-0.15, -0.1) is 24.2 Å². The zero-order chi connectivity index (χ0) is 11.9. The van der Waals surface area contributed by atoms with E-state index in [9.17, 15) is 9.59 Å². The van der Waals surface area contributed by atoms with Crippen molar-refractivity contribution in [1.82, 2.24) is 4.90 Å². The van der Waals surface area contributed by atoms with Crippen LogP contribution in [0, 0.1) is 0 Å². The molecule has 2 rings (SSSR count). The highest BCUT2D eigenvalue weighted by Crippen LogP contribution is 2.39.